The quantitative estimate of drug-likeness (QED) is 0.211. The Morgan fingerprint density at radius 1 is 0.471 bits per heavy atom. The van der Waals surface area contributed by atoms with Crippen molar-refractivity contribution < 1.29 is 76.7 Å². The molecule has 12 nitrogen and oxygen atoms in total. The van der Waals surface area contributed by atoms with Gasteiger partial charge in [-0.3, -0.25) is 0 Å². The van der Waals surface area contributed by atoms with Crippen LogP contribution in [0.3, 0.4) is 0 Å². The summed E-state index contributed by atoms with van der Waals surface area (Å²) in [5.41, 5.74) is 0. The molecule has 0 aromatic carbocycles. The molecule has 2 N–H and O–H groups in total. The standard InChI is InChI=1S/C20H28O4.2ClHO4/c1-2-14-10-16-5-6-18(23-16)12-20-8-7-19(24-20)11-17-4-3-15(22-17)9-13(1)21-14;2*2-1(3,4)5/h1-2,7-8,13-20H,3-6,9-12H2;2*(H,2,3,4,5). The van der Waals surface area contributed by atoms with Gasteiger partial charge in [-0.25, -0.2) is 37.3 Å². The van der Waals surface area contributed by atoms with Crippen molar-refractivity contribution in [2.45, 2.75) is 100 Å². The lowest BCUT2D eigenvalue weighted by atomic mass is 10.1. The number of hydrogen-bond acceptors (Lipinski definition) is 10. The van der Waals surface area contributed by atoms with E-state index >= 15 is 0 Å². The maximum atomic E-state index is 8.49. The Morgan fingerprint density at radius 2 is 0.676 bits per heavy atom. The van der Waals surface area contributed by atoms with Crippen LogP contribution in [0.2, 0.25) is 0 Å². The number of halogens is 2. The summed E-state index contributed by atoms with van der Waals surface area (Å²) in [6.07, 6.45) is 21.1. The van der Waals surface area contributed by atoms with Crippen LogP contribution in [0.4, 0.5) is 0 Å². The largest absolute Gasteiger partial charge is 0.423 e. The van der Waals surface area contributed by atoms with E-state index in [2.05, 4.69) is 24.3 Å². The Balaban J connectivity index is 0.000000277. The fourth-order valence-corrected chi connectivity index (χ4v) is 5.09. The summed E-state index contributed by atoms with van der Waals surface area (Å²) in [5.74, 6) is 0. The van der Waals surface area contributed by atoms with Crippen LogP contribution >= 0.6 is 0 Å². The predicted molar refractivity (Wildman–Crippen MR) is 92.1 cm³/mol. The van der Waals surface area contributed by atoms with E-state index in [1.165, 1.54) is 25.7 Å². The smallest absolute Gasteiger partial charge is 0.177 e. The van der Waals surface area contributed by atoms with E-state index in [9.17, 15) is 0 Å². The summed E-state index contributed by atoms with van der Waals surface area (Å²) in [4.78, 5) is 0. The first kappa shape index (κ1) is 28.2. The van der Waals surface area contributed by atoms with Crippen LogP contribution in [-0.4, -0.2) is 58.3 Å². The van der Waals surface area contributed by atoms with Gasteiger partial charge in [0.05, 0.1) is 24.4 Å². The summed E-state index contributed by atoms with van der Waals surface area (Å²) in [5, 5.41) is 0. The molecule has 5 heterocycles. The van der Waals surface area contributed by atoms with Gasteiger partial charge in [0.1, 0.15) is 0 Å². The highest BCUT2D eigenvalue weighted by Gasteiger charge is 2.39. The van der Waals surface area contributed by atoms with Crippen molar-refractivity contribution in [2.24, 2.45) is 0 Å². The Kier molecular flexibility index (Phi) is 10.1. The molecule has 196 valence electrons. The molecular weight excluding hydrogens is 503 g/mol. The van der Waals surface area contributed by atoms with Gasteiger partial charge in [-0.05, 0) is 50.0 Å². The van der Waals surface area contributed by atoms with Crippen LogP contribution in [0.1, 0.15) is 51.4 Å². The molecule has 5 rings (SSSR count). The van der Waals surface area contributed by atoms with Crippen molar-refractivity contribution in [3.63, 3.8) is 0 Å². The van der Waals surface area contributed by atoms with E-state index in [0.717, 1.165) is 25.7 Å². The summed E-state index contributed by atoms with van der Waals surface area (Å²) in [7, 11) is -9.89. The van der Waals surface area contributed by atoms with Crippen molar-refractivity contribution in [2.75, 3.05) is 0 Å². The van der Waals surface area contributed by atoms with Crippen LogP contribution in [0, 0.1) is 20.5 Å². The van der Waals surface area contributed by atoms with Crippen molar-refractivity contribution in [1.29, 1.82) is 0 Å². The number of rotatable bonds is 0. The third-order valence-corrected chi connectivity index (χ3v) is 6.29. The van der Waals surface area contributed by atoms with E-state index in [-0.39, 0.29) is 0 Å². The van der Waals surface area contributed by atoms with Crippen LogP contribution < -0.4 is 37.3 Å². The van der Waals surface area contributed by atoms with Gasteiger partial charge >= 0.3 is 0 Å². The molecule has 0 radical (unpaired) electrons. The topological polar surface area (TPSA) is 229 Å². The number of fused-ring (bicyclic) bond motifs is 8. The lowest BCUT2D eigenvalue weighted by molar-refractivity contribution is -2.00. The molecule has 8 atom stereocenters. The second kappa shape index (κ2) is 12.2. The Morgan fingerprint density at radius 3 is 0.882 bits per heavy atom. The third-order valence-electron chi connectivity index (χ3n) is 6.29. The third kappa shape index (κ3) is 11.1. The highest BCUT2D eigenvalue weighted by Crippen LogP contribution is 2.33. The second-order valence-corrected chi connectivity index (χ2v) is 10.5. The molecule has 0 spiro atoms. The van der Waals surface area contributed by atoms with Gasteiger partial charge in [-0.2, -0.15) is 0 Å². The van der Waals surface area contributed by atoms with Crippen LogP contribution in [0.5, 0.6) is 0 Å². The zero-order chi connectivity index (χ0) is 24.9. The van der Waals surface area contributed by atoms with E-state index in [0.29, 0.717) is 48.8 Å². The fourth-order valence-electron chi connectivity index (χ4n) is 5.09. The SMILES string of the molecule is C1=CC2CC3CCC(CC4C=CC(CC5CCC(CC1[OH+]2)O5)[OH+]4)O3.[O-][Cl+3]([O-])([O-])[O-].[O-][Cl+3]([O-])([O-])[O-]. The molecule has 5 aliphatic rings. The average Bonchev–Trinajstić information content (AvgIpc) is 3.44. The molecule has 0 aromatic rings. The van der Waals surface area contributed by atoms with Crippen molar-refractivity contribution in [3.8, 4) is 0 Å². The lowest BCUT2D eigenvalue weighted by Crippen LogP contribution is -2.68. The van der Waals surface area contributed by atoms with Gasteiger partial charge in [-0.1, -0.05) is 0 Å². The Labute approximate surface area is 201 Å². The molecule has 3 fully saturated rings. The maximum absolute atomic E-state index is 8.49. The highest BCUT2D eigenvalue weighted by atomic mass is 35.7. The lowest BCUT2D eigenvalue weighted by Gasteiger charge is -2.20. The molecule has 0 amide bonds. The van der Waals surface area contributed by atoms with Crippen LogP contribution in [-0.2, 0) is 9.47 Å². The molecule has 34 heavy (non-hydrogen) atoms. The maximum Gasteiger partial charge on any atom is 0.177 e. The highest BCUT2D eigenvalue weighted by molar-refractivity contribution is 5.05. The first-order valence-electron chi connectivity index (χ1n) is 11.1. The Bertz CT molecular complexity index is 584. The predicted octanol–water partition coefficient (Wildman–Crippen LogP) is -7.19. The van der Waals surface area contributed by atoms with Gasteiger partial charge in [-0.15, -0.1) is 20.5 Å². The van der Waals surface area contributed by atoms with Crippen LogP contribution in [0.25, 0.3) is 0 Å². The number of aliphatic hydroxyl groups is 4. The second-order valence-electron chi connectivity index (χ2n) is 8.95. The van der Waals surface area contributed by atoms with Crippen molar-refractivity contribution in [3.05, 3.63) is 24.3 Å². The monoisotopic (exact) mass is 532 g/mol. The van der Waals surface area contributed by atoms with Crippen molar-refractivity contribution >= 4 is 0 Å². The molecule has 3 saturated heterocycles. The first-order chi connectivity index (χ1) is 15.8. The summed E-state index contributed by atoms with van der Waals surface area (Å²) in [6.45, 7) is 0. The first-order valence-corrected chi connectivity index (χ1v) is 13.6. The summed E-state index contributed by atoms with van der Waals surface area (Å²) >= 11 is 0. The summed E-state index contributed by atoms with van der Waals surface area (Å²) < 4.78 is 90.5. The van der Waals surface area contributed by atoms with E-state index in [1.807, 2.05) is 0 Å². The van der Waals surface area contributed by atoms with Gasteiger partial charge in [0.2, 0.25) is 0 Å². The average molecular weight is 533 g/mol. The zero-order valence-corrected chi connectivity index (χ0v) is 19.8. The molecule has 8 unspecified atom stereocenters. The molecule has 5 aliphatic heterocycles. The van der Waals surface area contributed by atoms with Crippen molar-refractivity contribution in [1.82, 2.24) is 0 Å². The van der Waals surface area contributed by atoms with E-state index < -0.39 is 20.5 Å². The van der Waals surface area contributed by atoms with Gasteiger partial charge in [0.15, 0.2) is 24.4 Å². The summed E-state index contributed by atoms with van der Waals surface area (Å²) in [6, 6.07) is 0. The minimum atomic E-state index is -4.94. The molecule has 0 saturated carbocycles. The van der Waals surface area contributed by atoms with E-state index in [4.69, 9.17) is 56.2 Å². The zero-order valence-electron chi connectivity index (χ0n) is 18.3. The molecule has 14 heteroatoms. The van der Waals surface area contributed by atoms with Gasteiger partial charge < -0.3 is 18.9 Å². The minimum absolute atomic E-state index is 0.351. The molecule has 0 aliphatic carbocycles. The fraction of sp³-hybridized carbons (Fsp3) is 0.800. The van der Waals surface area contributed by atoms with Crippen LogP contribution in [0.15, 0.2) is 24.3 Å². The van der Waals surface area contributed by atoms with Gasteiger partial charge in [0, 0.05) is 25.7 Å². The number of hydrogen-bond donors (Lipinski definition) is 0. The van der Waals surface area contributed by atoms with E-state index in [1.54, 1.807) is 0 Å². The number of ether oxygens (including phenoxy) is 4. The molecule has 8 bridgehead atoms. The van der Waals surface area contributed by atoms with Gasteiger partial charge in [0.25, 0.3) is 0 Å². The normalized spacial score (nSPS) is 39.3. The Hall–Kier alpha value is -0.420. The minimum Gasteiger partial charge on any atom is -0.423 e. The molecular formula is C20H30Cl2O12. The molecule has 0 aromatic heterocycles.